The van der Waals surface area contributed by atoms with Crippen molar-refractivity contribution in [2.75, 3.05) is 0 Å². The molecule has 0 aliphatic heterocycles. The minimum Gasteiger partial charge on any atom is -0.486 e. The molecule has 1 heterocycles. The molecule has 0 aliphatic rings. The highest BCUT2D eigenvalue weighted by molar-refractivity contribution is 7.13. The minimum absolute atomic E-state index is 0.0796. The Balaban J connectivity index is 2.07. The van der Waals surface area contributed by atoms with E-state index in [0.717, 1.165) is 27.7 Å². The molecule has 0 aliphatic carbocycles. The van der Waals surface area contributed by atoms with E-state index in [9.17, 15) is 0 Å². The van der Waals surface area contributed by atoms with Gasteiger partial charge in [0.05, 0.1) is 10.6 Å². The molecule has 0 bridgehead atoms. The Morgan fingerprint density at radius 2 is 2.05 bits per heavy atom. The Bertz CT molecular complexity index is 575. The van der Waals surface area contributed by atoms with Gasteiger partial charge in [-0.2, -0.15) is 0 Å². The van der Waals surface area contributed by atoms with Gasteiger partial charge in [-0.25, -0.2) is 4.98 Å². The highest BCUT2D eigenvalue weighted by atomic mass is 32.1. The number of rotatable bonds is 5. The summed E-state index contributed by atoms with van der Waals surface area (Å²) in [7, 11) is 0. The number of hydrogen-bond donors (Lipinski definition) is 2. The van der Waals surface area contributed by atoms with Crippen molar-refractivity contribution in [3.8, 4) is 5.75 Å². The summed E-state index contributed by atoms with van der Waals surface area (Å²) < 4.78 is 5.68. The van der Waals surface area contributed by atoms with Gasteiger partial charge in [0.15, 0.2) is 0 Å². The summed E-state index contributed by atoms with van der Waals surface area (Å²) in [6, 6.07) is 7.90. The molecule has 0 atom stereocenters. The second-order valence-corrected chi connectivity index (χ2v) is 5.34. The van der Waals surface area contributed by atoms with Gasteiger partial charge in [0.1, 0.15) is 23.2 Å². The van der Waals surface area contributed by atoms with Crippen LogP contribution in [0.1, 0.15) is 28.1 Å². The summed E-state index contributed by atoms with van der Waals surface area (Å²) in [6.07, 6.45) is 0.774. The van der Waals surface area contributed by atoms with Crippen LogP contribution in [-0.4, -0.2) is 10.8 Å². The lowest BCUT2D eigenvalue weighted by molar-refractivity contribution is 0.305. The SMILES string of the molecule is CCc1nc(COc2ccc(C)cc2)sc1C(=N)N. The van der Waals surface area contributed by atoms with Crippen LogP contribution in [0, 0.1) is 12.3 Å². The van der Waals surface area contributed by atoms with E-state index in [0.29, 0.717) is 6.61 Å². The molecule has 0 amide bonds. The van der Waals surface area contributed by atoms with E-state index in [1.807, 2.05) is 38.1 Å². The van der Waals surface area contributed by atoms with E-state index in [4.69, 9.17) is 15.9 Å². The first-order valence-corrected chi connectivity index (χ1v) is 6.94. The van der Waals surface area contributed by atoms with Crippen LogP contribution in [0.15, 0.2) is 24.3 Å². The van der Waals surface area contributed by atoms with Crippen molar-refractivity contribution in [3.63, 3.8) is 0 Å². The van der Waals surface area contributed by atoms with Crippen LogP contribution in [-0.2, 0) is 13.0 Å². The summed E-state index contributed by atoms with van der Waals surface area (Å²) in [4.78, 5) is 5.21. The third-order valence-corrected chi connectivity index (χ3v) is 3.81. The summed E-state index contributed by atoms with van der Waals surface area (Å²) in [6.45, 7) is 4.46. The van der Waals surface area contributed by atoms with Crippen molar-refractivity contribution in [1.82, 2.24) is 4.98 Å². The Labute approximate surface area is 116 Å². The summed E-state index contributed by atoms with van der Waals surface area (Å²) in [5.74, 6) is 0.902. The van der Waals surface area contributed by atoms with Crippen LogP contribution < -0.4 is 10.5 Å². The third kappa shape index (κ3) is 3.32. The number of hydrogen-bond acceptors (Lipinski definition) is 4. The quantitative estimate of drug-likeness (QED) is 0.651. The molecule has 5 heteroatoms. The number of nitrogen functional groups attached to an aromatic ring is 1. The number of aromatic nitrogens is 1. The third-order valence-electron chi connectivity index (χ3n) is 2.70. The van der Waals surface area contributed by atoms with Crippen LogP contribution >= 0.6 is 11.3 Å². The molecular weight excluding hydrogens is 258 g/mol. The maximum absolute atomic E-state index is 7.52. The molecule has 0 saturated carbocycles. The highest BCUT2D eigenvalue weighted by Crippen LogP contribution is 2.21. The zero-order valence-corrected chi connectivity index (χ0v) is 11.9. The van der Waals surface area contributed by atoms with E-state index >= 15 is 0 Å². The summed E-state index contributed by atoms with van der Waals surface area (Å²) in [5.41, 5.74) is 7.62. The largest absolute Gasteiger partial charge is 0.486 e. The molecule has 0 unspecified atom stereocenters. The van der Waals surface area contributed by atoms with Crippen molar-refractivity contribution in [2.45, 2.75) is 26.9 Å². The van der Waals surface area contributed by atoms with E-state index in [1.54, 1.807) is 0 Å². The Morgan fingerprint density at radius 3 is 2.58 bits per heavy atom. The van der Waals surface area contributed by atoms with Gasteiger partial charge in [-0.05, 0) is 25.5 Å². The minimum atomic E-state index is 0.0796. The number of nitrogens with zero attached hydrogens (tertiary/aromatic N) is 1. The number of thiazole rings is 1. The standard InChI is InChI=1S/C14H17N3OS/c1-3-11-13(14(15)16)19-12(17-11)8-18-10-6-4-9(2)5-7-10/h4-7H,3,8H2,1-2H3,(H3,15,16). The second-order valence-electron chi connectivity index (χ2n) is 4.25. The maximum atomic E-state index is 7.52. The molecule has 4 nitrogen and oxygen atoms in total. The highest BCUT2D eigenvalue weighted by Gasteiger charge is 2.12. The normalized spacial score (nSPS) is 10.4. The van der Waals surface area contributed by atoms with Crippen LogP contribution in [0.4, 0.5) is 0 Å². The van der Waals surface area contributed by atoms with Gasteiger partial charge in [-0.1, -0.05) is 24.6 Å². The zero-order chi connectivity index (χ0) is 13.8. The van der Waals surface area contributed by atoms with Crippen LogP contribution in [0.2, 0.25) is 0 Å². The molecule has 19 heavy (non-hydrogen) atoms. The molecule has 1 aromatic carbocycles. The van der Waals surface area contributed by atoms with Crippen LogP contribution in [0.5, 0.6) is 5.75 Å². The Hall–Kier alpha value is -1.88. The number of nitrogens with two attached hydrogens (primary N) is 1. The molecule has 100 valence electrons. The van der Waals surface area contributed by atoms with Gasteiger partial charge in [-0.15, -0.1) is 11.3 Å². The van der Waals surface area contributed by atoms with Crippen molar-refractivity contribution < 1.29 is 4.74 Å². The van der Waals surface area contributed by atoms with Gasteiger partial charge in [-0.3, -0.25) is 5.41 Å². The first-order valence-electron chi connectivity index (χ1n) is 6.12. The predicted octanol–water partition coefficient (Wildman–Crippen LogP) is 2.88. The number of ether oxygens (including phenoxy) is 1. The van der Waals surface area contributed by atoms with Crippen molar-refractivity contribution in [1.29, 1.82) is 5.41 Å². The van der Waals surface area contributed by atoms with Gasteiger partial charge in [0.25, 0.3) is 0 Å². The average molecular weight is 275 g/mol. The van der Waals surface area contributed by atoms with E-state index in [-0.39, 0.29) is 5.84 Å². The van der Waals surface area contributed by atoms with Crippen LogP contribution in [0.25, 0.3) is 0 Å². The van der Waals surface area contributed by atoms with Crippen LogP contribution in [0.3, 0.4) is 0 Å². The Kier molecular flexibility index (Phi) is 4.16. The van der Waals surface area contributed by atoms with Crippen molar-refractivity contribution in [3.05, 3.63) is 45.4 Å². The smallest absolute Gasteiger partial charge is 0.140 e. The van der Waals surface area contributed by atoms with Gasteiger partial charge in [0, 0.05) is 0 Å². The van der Waals surface area contributed by atoms with E-state index in [2.05, 4.69) is 4.98 Å². The van der Waals surface area contributed by atoms with Crippen molar-refractivity contribution in [2.24, 2.45) is 5.73 Å². The molecule has 0 fully saturated rings. The number of amidine groups is 1. The van der Waals surface area contributed by atoms with E-state index < -0.39 is 0 Å². The number of nitrogens with one attached hydrogen (secondary N) is 1. The molecular formula is C14H17N3OS. The number of benzene rings is 1. The molecule has 3 N–H and O–H groups in total. The topological polar surface area (TPSA) is 72.0 Å². The molecule has 0 saturated heterocycles. The number of aryl methyl sites for hydroxylation is 2. The van der Waals surface area contributed by atoms with Gasteiger partial charge < -0.3 is 10.5 Å². The molecule has 0 radical (unpaired) electrons. The molecule has 0 spiro atoms. The summed E-state index contributed by atoms with van der Waals surface area (Å²) in [5, 5.41) is 8.37. The lowest BCUT2D eigenvalue weighted by atomic mass is 10.2. The zero-order valence-electron chi connectivity index (χ0n) is 11.1. The van der Waals surface area contributed by atoms with Crippen molar-refractivity contribution >= 4 is 17.2 Å². The fourth-order valence-corrected chi connectivity index (χ4v) is 2.62. The first-order chi connectivity index (χ1) is 9.10. The Morgan fingerprint density at radius 1 is 1.37 bits per heavy atom. The average Bonchev–Trinajstić information content (AvgIpc) is 2.81. The first kappa shape index (κ1) is 13.5. The molecule has 1 aromatic heterocycles. The van der Waals surface area contributed by atoms with Gasteiger partial charge in [0.2, 0.25) is 0 Å². The fourth-order valence-electron chi connectivity index (χ4n) is 1.69. The predicted molar refractivity (Wildman–Crippen MR) is 78.0 cm³/mol. The van der Waals surface area contributed by atoms with Gasteiger partial charge >= 0.3 is 0 Å². The lowest BCUT2D eigenvalue weighted by Crippen LogP contribution is -2.11. The summed E-state index contributed by atoms with van der Waals surface area (Å²) >= 11 is 1.43. The second kappa shape index (κ2) is 5.84. The monoisotopic (exact) mass is 275 g/mol. The molecule has 2 aromatic rings. The fraction of sp³-hybridized carbons (Fsp3) is 0.286. The van der Waals surface area contributed by atoms with E-state index in [1.165, 1.54) is 16.9 Å². The maximum Gasteiger partial charge on any atom is 0.140 e. The molecule has 2 rings (SSSR count). The lowest BCUT2D eigenvalue weighted by Gasteiger charge is -2.03.